The van der Waals surface area contributed by atoms with Gasteiger partial charge in [-0.3, -0.25) is 0 Å². The minimum Gasteiger partial charge on any atom is -0.454 e. The van der Waals surface area contributed by atoms with Gasteiger partial charge < -0.3 is 13.4 Å². The molecule has 0 amide bonds. The van der Waals surface area contributed by atoms with Crippen LogP contribution in [0, 0.1) is 0 Å². The first-order chi connectivity index (χ1) is 29.9. The lowest BCUT2D eigenvalue weighted by atomic mass is 9.99. The van der Waals surface area contributed by atoms with E-state index in [0.29, 0.717) is 50.2 Å². The summed E-state index contributed by atoms with van der Waals surface area (Å²) in [6.07, 6.45) is -4.83. The summed E-state index contributed by atoms with van der Waals surface area (Å²) in [4.78, 5) is 14.6. The second-order valence-corrected chi connectivity index (χ2v) is 15.5. The molecule has 0 radical (unpaired) electrons. The molecule has 0 bridgehead atoms. The van der Waals surface area contributed by atoms with Gasteiger partial charge in [-0.15, -0.1) is 0 Å². The predicted molar refractivity (Wildman–Crippen MR) is 237 cm³/mol. The van der Waals surface area contributed by atoms with E-state index in [0.717, 1.165) is 48.9 Å². The summed E-state index contributed by atoms with van der Waals surface area (Å²) < 4.78 is 59.2. The van der Waals surface area contributed by atoms with Crippen molar-refractivity contribution < 1.29 is 17.6 Å². The molecule has 61 heavy (non-hydrogen) atoms. The van der Waals surface area contributed by atoms with Gasteiger partial charge in [0.15, 0.2) is 23.1 Å². The second-order valence-electron chi connectivity index (χ2n) is 15.5. The van der Waals surface area contributed by atoms with Gasteiger partial charge in [-0.1, -0.05) is 133 Å². The molecular formula is C52H28F3N5O. The van der Waals surface area contributed by atoms with Gasteiger partial charge in [0, 0.05) is 59.8 Å². The normalized spacial score (nSPS) is 12.5. The SMILES string of the molecule is FC(F)(F)c1cc(-c2nc(-c3ccccc3)nc(-c3ccccc3)n2)c2c(oc3ccccc32)c1-n1c2ccccc2c2cc3c4cccc5c6ccccc6n(c3cc21)c54. The number of hydrogen-bond acceptors (Lipinski definition) is 4. The summed E-state index contributed by atoms with van der Waals surface area (Å²) in [5.41, 5.74) is 5.41. The van der Waals surface area contributed by atoms with Gasteiger partial charge in [0.1, 0.15) is 11.3 Å². The zero-order valence-electron chi connectivity index (χ0n) is 31.9. The standard InChI is InChI=1S/C52H28F3N5O/c53-52(54,55)39-27-38(51-57-49(29-14-3-1-4-15-29)56-50(58-51)30-16-5-2-6-17-30)45-35-20-9-12-25-44(35)61-48(45)47(39)60-41-24-11-8-19-32(41)36-26-37-34-22-13-21-33-31-18-7-10-23-40(31)59(46(33)34)43(37)28-42(36)60/h1-28H. The summed E-state index contributed by atoms with van der Waals surface area (Å²) in [5.74, 6) is 0.779. The zero-order valence-corrected chi connectivity index (χ0v) is 31.9. The van der Waals surface area contributed by atoms with Crippen LogP contribution in [0.3, 0.4) is 0 Å². The third-order valence-electron chi connectivity index (χ3n) is 12.1. The highest BCUT2D eigenvalue weighted by Gasteiger charge is 2.39. The van der Waals surface area contributed by atoms with Gasteiger partial charge in [-0.05, 0) is 36.4 Å². The number of rotatable bonds is 4. The van der Waals surface area contributed by atoms with Crippen molar-refractivity contribution in [3.05, 3.63) is 175 Å². The number of halogens is 3. The fourth-order valence-corrected chi connectivity index (χ4v) is 9.56. The summed E-state index contributed by atoms with van der Waals surface area (Å²) in [6.45, 7) is 0. The van der Waals surface area contributed by atoms with E-state index in [1.807, 2.05) is 121 Å². The fourth-order valence-electron chi connectivity index (χ4n) is 9.56. The molecule has 6 nitrogen and oxygen atoms in total. The summed E-state index contributed by atoms with van der Waals surface area (Å²) in [5, 5.41) is 7.14. The summed E-state index contributed by atoms with van der Waals surface area (Å²) in [6, 6.07) is 53.8. The Labute approximate surface area is 343 Å². The van der Waals surface area contributed by atoms with Crippen molar-refractivity contribution >= 4 is 81.8 Å². The highest BCUT2D eigenvalue weighted by atomic mass is 19.4. The molecule has 0 aliphatic rings. The van der Waals surface area contributed by atoms with E-state index in [2.05, 4.69) is 40.8 Å². The van der Waals surface area contributed by atoms with Crippen LogP contribution in [0.4, 0.5) is 13.2 Å². The van der Waals surface area contributed by atoms with Gasteiger partial charge in [0.25, 0.3) is 0 Å². The lowest BCUT2D eigenvalue weighted by Gasteiger charge is -2.19. The van der Waals surface area contributed by atoms with Crippen molar-refractivity contribution in [3.8, 4) is 39.9 Å². The third-order valence-corrected chi connectivity index (χ3v) is 12.1. The van der Waals surface area contributed by atoms with Gasteiger partial charge in [-0.25, -0.2) is 15.0 Å². The molecular weight excluding hydrogens is 768 g/mol. The lowest BCUT2D eigenvalue weighted by Crippen LogP contribution is -2.12. The first-order valence-corrected chi connectivity index (χ1v) is 19.9. The van der Waals surface area contributed by atoms with Crippen LogP contribution >= 0.6 is 0 Å². The van der Waals surface area contributed by atoms with Crippen molar-refractivity contribution in [2.45, 2.75) is 6.18 Å². The Morgan fingerprint density at radius 1 is 0.443 bits per heavy atom. The molecule has 13 rings (SSSR count). The quantitative estimate of drug-likeness (QED) is 0.178. The molecule has 288 valence electrons. The van der Waals surface area contributed by atoms with Gasteiger partial charge in [0.2, 0.25) is 0 Å². The number of fused-ring (bicyclic) bond motifs is 12. The second kappa shape index (κ2) is 12.2. The first kappa shape index (κ1) is 33.9. The van der Waals surface area contributed by atoms with Crippen LogP contribution in [0.15, 0.2) is 174 Å². The Hall–Kier alpha value is -8.04. The Kier molecular flexibility index (Phi) is 6.80. The first-order valence-electron chi connectivity index (χ1n) is 19.9. The van der Waals surface area contributed by atoms with Gasteiger partial charge in [-0.2, -0.15) is 13.2 Å². The molecule has 8 aromatic carbocycles. The largest absolute Gasteiger partial charge is 0.454 e. The number of hydrogen-bond donors (Lipinski definition) is 0. The molecule has 0 fully saturated rings. The average Bonchev–Trinajstić information content (AvgIpc) is 4.04. The molecule has 0 saturated carbocycles. The minimum absolute atomic E-state index is 0.0780. The maximum Gasteiger partial charge on any atom is 0.418 e. The average molecular weight is 796 g/mol. The number of furan rings is 1. The molecule has 0 saturated heterocycles. The third kappa shape index (κ3) is 4.77. The van der Waals surface area contributed by atoms with Crippen molar-refractivity contribution in [2.24, 2.45) is 0 Å². The maximum absolute atomic E-state index is 16.2. The van der Waals surface area contributed by atoms with E-state index in [1.165, 1.54) is 6.07 Å². The fraction of sp³-hybridized carbons (Fsp3) is 0.0192. The van der Waals surface area contributed by atoms with E-state index in [-0.39, 0.29) is 22.7 Å². The van der Waals surface area contributed by atoms with Crippen molar-refractivity contribution in [1.29, 1.82) is 0 Å². The van der Waals surface area contributed by atoms with Crippen LogP contribution in [0.25, 0.3) is 122 Å². The Morgan fingerprint density at radius 2 is 0.984 bits per heavy atom. The molecule has 0 atom stereocenters. The van der Waals surface area contributed by atoms with Gasteiger partial charge >= 0.3 is 6.18 Å². The maximum atomic E-state index is 16.2. The smallest absolute Gasteiger partial charge is 0.418 e. The Bertz CT molecular complexity index is 3860. The van der Waals surface area contributed by atoms with Gasteiger partial charge in [0.05, 0.1) is 33.1 Å². The molecule has 5 heterocycles. The molecule has 0 N–H and O–H groups in total. The van der Waals surface area contributed by atoms with Crippen molar-refractivity contribution in [1.82, 2.24) is 23.9 Å². The van der Waals surface area contributed by atoms with Crippen molar-refractivity contribution in [3.63, 3.8) is 0 Å². The van der Waals surface area contributed by atoms with Crippen LogP contribution in [-0.4, -0.2) is 23.9 Å². The van der Waals surface area contributed by atoms with Crippen LogP contribution in [-0.2, 0) is 6.18 Å². The topological polar surface area (TPSA) is 61.2 Å². The minimum atomic E-state index is -4.83. The van der Waals surface area contributed by atoms with E-state index in [4.69, 9.17) is 19.4 Å². The Morgan fingerprint density at radius 3 is 1.67 bits per heavy atom. The molecule has 0 spiro atoms. The van der Waals surface area contributed by atoms with E-state index in [1.54, 1.807) is 10.6 Å². The van der Waals surface area contributed by atoms with Crippen molar-refractivity contribution in [2.75, 3.05) is 0 Å². The van der Waals surface area contributed by atoms with E-state index < -0.39 is 11.7 Å². The molecule has 0 unspecified atom stereocenters. The summed E-state index contributed by atoms with van der Waals surface area (Å²) >= 11 is 0. The van der Waals surface area contributed by atoms with Crippen LogP contribution in [0.1, 0.15) is 5.56 Å². The Balaban J connectivity index is 1.19. The predicted octanol–water partition coefficient (Wildman–Crippen LogP) is 14.0. The highest BCUT2D eigenvalue weighted by molar-refractivity contribution is 6.26. The number of benzene rings is 8. The lowest BCUT2D eigenvalue weighted by molar-refractivity contribution is -0.137. The van der Waals surface area contributed by atoms with Crippen LogP contribution < -0.4 is 0 Å². The highest BCUT2D eigenvalue weighted by Crippen LogP contribution is 2.49. The molecule has 0 aliphatic carbocycles. The number of nitrogens with zero attached hydrogens (tertiary/aromatic N) is 5. The van der Waals surface area contributed by atoms with Crippen LogP contribution in [0.2, 0.25) is 0 Å². The molecule has 0 aliphatic heterocycles. The zero-order chi connectivity index (χ0) is 40.6. The molecule has 13 aromatic rings. The summed E-state index contributed by atoms with van der Waals surface area (Å²) in [7, 11) is 0. The van der Waals surface area contributed by atoms with Crippen LogP contribution in [0.5, 0.6) is 0 Å². The molecule has 5 aromatic heterocycles. The monoisotopic (exact) mass is 795 g/mol. The number of para-hydroxylation sites is 4. The molecule has 9 heteroatoms. The number of aromatic nitrogens is 5. The van der Waals surface area contributed by atoms with E-state index >= 15 is 13.2 Å². The van der Waals surface area contributed by atoms with E-state index in [9.17, 15) is 0 Å². The number of alkyl halides is 3.